The van der Waals surface area contributed by atoms with Gasteiger partial charge in [0.1, 0.15) is 11.4 Å². The van der Waals surface area contributed by atoms with Crippen molar-refractivity contribution >= 4 is 22.8 Å². The Balaban J connectivity index is 1.83. The quantitative estimate of drug-likeness (QED) is 0.772. The average Bonchev–Trinajstić information content (AvgIpc) is 2.97. The number of aromatic nitrogens is 3. The molecule has 0 aliphatic carbocycles. The van der Waals surface area contributed by atoms with Gasteiger partial charge >= 0.3 is 0 Å². The first kappa shape index (κ1) is 16.8. The van der Waals surface area contributed by atoms with E-state index in [1.54, 1.807) is 38.5 Å². The molecule has 1 amide bonds. The Bertz CT molecular complexity index is 902. The van der Waals surface area contributed by atoms with Gasteiger partial charge in [-0.1, -0.05) is 0 Å². The van der Waals surface area contributed by atoms with Gasteiger partial charge in [-0.05, 0) is 18.2 Å². The summed E-state index contributed by atoms with van der Waals surface area (Å²) in [7, 11) is 7.05. The summed E-state index contributed by atoms with van der Waals surface area (Å²) in [5.74, 6) is 1.26. The molecule has 3 rings (SSSR count). The Labute approximate surface area is 146 Å². The van der Waals surface area contributed by atoms with Gasteiger partial charge in [-0.2, -0.15) is 0 Å². The van der Waals surface area contributed by atoms with Gasteiger partial charge in [-0.3, -0.25) is 4.79 Å². The van der Waals surface area contributed by atoms with E-state index in [0.29, 0.717) is 18.2 Å². The van der Waals surface area contributed by atoms with Gasteiger partial charge in [-0.15, -0.1) is 0 Å². The Kier molecular flexibility index (Phi) is 4.56. The van der Waals surface area contributed by atoms with Crippen LogP contribution in [0.5, 0.6) is 5.75 Å². The van der Waals surface area contributed by atoms with Gasteiger partial charge in [0, 0.05) is 57.1 Å². The number of hydrogen-bond acceptors (Lipinski definition) is 5. The van der Waals surface area contributed by atoms with Gasteiger partial charge in [0.25, 0.3) is 5.91 Å². The Morgan fingerprint density at radius 1 is 1.28 bits per heavy atom. The van der Waals surface area contributed by atoms with Crippen molar-refractivity contribution in [2.45, 2.75) is 6.54 Å². The van der Waals surface area contributed by atoms with Crippen LogP contribution in [0.1, 0.15) is 16.1 Å². The van der Waals surface area contributed by atoms with Crippen LogP contribution in [0, 0.1) is 0 Å². The molecule has 3 aromatic rings. The number of carbonyl (C=O) groups excluding carboxylic acids is 1. The number of benzene rings is 1. The second kappa shape index (κ2) is 6.80. The van der Waals surface area contributed by atoms with Crippen LogP contribution in [0.2, 0.25) is 0 Å². The summed E-state index contributed by atoms with van der Waals surface area (Å²) < 4.78 is 7.15. The van der Waals surface area contributed by atoms with E-state index in [1.165, 1.54) is 0 Å². The summed E-state index contributed by atoms with van der Waals surface area (Å²) in [4.78, 5) is 22.8. The van der Waals surface area contributed by atoms with Crippen LogP contribution in [0.4, 0.5) is 5.95 Å². The third kappa shape index (κ3) is 3.26. The molecule has 0 fully saturated rings. The van der Waals surface area contributed by atoms with Crippen LogP contribution in [-0.2, 0) is 13.6 Å². The molecule has 0 saturated carbocycles. The zero-order valence-corrected chi connectivity index (χ0v) is 14.8. The molecule has 7 nitrogen and oxygen atoms in total. The van der Waals surface area contributed by atoms with Crippen LogP contribution in [0.15, 0.2) is 36.7 Å². The summed E-state index contributed by atoms with van der Waals surface area (Å²) in [6.07, 6.45) is 3.43. The van der Waals surface area contributed by atoms with Crippen molar-refractivity contribution in [2.75, 3.05) is 26.5 Å². The minimum absolute atomic E-state index is 0.0599. The van der Waals surface area contributed by atoms with Gasteiger partial charge in [-0.25, -0.2) is 9.97 Å². The maximum atomic E-state index is 12.8. The number of rotatable bonds is 5. The van der Waals surface area contributed by atoms with Crippen molar-refractivity contribution in [2.24, 2.45) is 7.05 Å². The van der Waals surface area contributed by atoms with E-state index in [9.17, 15) is 4.79 Å². The predicted molar refractivity (Wildman–Crippen MR) is 96.8 cm³/mol. The Hall–Kier alpha value is -3.09. The SMILES string of the molecule is CNc1ncc(CN(C)C(=O)c2cc3ccc(OC)cc3n2C)cn1. The van der Waals surface area contributed by atoms with Crippen molar-refractivity contribution in [1.29, 1.82) is 0 Å². The average molecular weight is 339 g/mol. The van der Waals surface area contributed by atoms with Crippen LogP contribution in [0.3, 0.4) is 0 Å². The molecular weight excluding hydrogens is 318 g/mol. The number of amides is 1. The van der Waals surface area contributed by atoms with Crippen LogP contribution < -0.4 is 10.1 Å². The molecule has 0 unspecified atom stereocenters. The molecule has 0 spiro atoms. The fourth-order valence-corrected chi connectivity index (χ4v) is 2.75. The molecule has 2 aromatic heterocycles. The lowest BCUT2D eigenvalue weighted by Crippen LogP contribution is -2.28. The second-order valence-corrected chi connectivity index (χ2v) is 5.84. The number of hydrogen-bond donors (Lipinski definition) is 1. The van der Waals surface area contributed by atoms with Crippen molar-refractivity contribution in [1.82, 2.24) is 19.4 Å². The van der Waals surface area contributed by atoms with Crippen molar-refractivity contribution < 1.29 is 9.53 Å². The summed E-state index contributed by atoms with van der Waals surface area (Å²) in [5, 5.41) is 3.87. The smallest absolute Gasteiger partial charge is 0.270 e. The highest BCUT2D eigenvalue weighted by atomic mass is 16.5. The highest BCUT2D eigenvalue weighted by Crippen LogP contribution is 2.24. The van der Waals surface area contributed by atoms with Gasteiger partial charge in [0.05, 0.1) is 12.6 Å². The van der Waals surface area contributed by atoms with E-state index in [0.717, 1.165) is 22.2 Å². The van der Waals surface area contributed by atoms with Gasteiger partial charge in [0.15, 0.2) is 0 Å². The number of methoxy groups -OCH3 is 1. The standard InChI is InChI=1S/C18H21N5O2/c1-19-18-20-9-12(10-21-18)11-22(2)17(24)16-7-13-5-6-14(25-4)8-15(13)23(16)3/h5-10H,11H2,1-4H3,(H,19,20,21). The van der Waals surface area contributed by atoms with Crippen molar-refractivity contribution in [3.05, 3.63) is 47.9 Å². The van der Waals surface area contributed by atoms with E-state index >= 15 is 0 Å². The zero-order chi connectivity index (χ0) is 18.0. The molecule has 0 saturated heterocycles. The predicted octanol–water partition coefficient (Wildman–Crippen LogP) is 2.29. The first-order valence-electron chi connectivity index (χ1n) is 7.91. The Morgan fingerprint density at radius 2 is 2.00 bits per heavy atom. The maximum Gasteiger partial charge on any atom is 0.270 e. The lowest BCUT2D eigenvalue weighted by molar-refractivity contribution is 0.0776. The molecule has 1 aromatic carbocycles. The molecule has 0 radical (unpaired) electrons. The normalized spacial score (nSPS) is 10.7. The minimum atomic E-state index is -0.0599. The summed E-state index contributed by atoms with van der Waals surface area (Å²) in [5.41, 5.74) is 2.45. The van der Waals surface area contributed by atoms with Crippen molar-refractivity contribution in [3.63, 3.8) is 0 Å². The van der Waals surface area contributed by atoms with Gasteiger partial charge in [0.2, 0.25) is 5.95 Å². The fraction of sp³-hybridized carbons (Fsp3) is 0.278. The van der Waals surface area contributed by atoms with E-state index in [4.69, 9.17) is 4.74 Å². The zero-order valence-electron chi connectivity index (χ0n) is 14.8. The number of nitrogens with zero attached hydrogens (tertiary/aromatic N) is 4. The fourth-order valence-electron chi connectivity index (χ4n) is 2.75. The molecule has 0 aliphatic rings. The monoisotopic (exact) mass is 339 g/mol. The number of aryl methyl sites for hydroxylation is 1. The molecular formula is C18H21N5O2. The number of ether oxygens (including phenoxy) is 1. The van der Waals surface area contributed by atoms with Crippen LogP contribution in [-0.4, -0.2) is 46.5 Å². The van der Waals surface area contributed by atoms with E-state index < -0.39 is 0 Å². The summed E-state index contributed by atoms with van der Waals surface area (Å²) in [6, 6.07) is 7.67. The lowest BCUT2D eigenvalue weighted by atomic mass is 10.2. The maximum absolute atomic E-state index is 12.8. The van der Waals surface area contributed by atoms with E-state index in [1.807, 2.05) is 35.9 Å². The Morgan fingerprint density at radius 3 is 2.64 bits per heavy atom. The van der Waals surface area contributed by atoms with Crippen LogP contribution >= 0.6 is 0 Å². The number of nitrogens with one attached hydrogen (secondary N) is 1. The molecule has 0 atom stereocenters. The van der Waals surface area contributed by atoms with Crippen molar-refractivity contribution in [3.8, 4) is 5.75 Å². The molecule has 130 valence electrons. The summed E-state index contributed by atoms with van der Waals surface area (Å²) >= 11 is 0. The number of carbonyl (C=O) groups is 1. The highest BCUT2D eigenvalue weighted by Gasteiger charge is 2.18. The highest BCUT2D eigenvalue weighted by molar-refractivity contribution is 5.98. The molecule has 0 bridgehead atoms. The topological polar surface area (TPSA) is 72.3 Å². The third-order valence-electron chi connectivity index (χ3n) is 4.17. The number of anilines is 1. The van der Waals surface area contributed by atoms with E-state index in [2.05, 4.69) is 15.3 Å². The molecule has 0 aliphatic heterocycles. The minimum Gasteiger partial charge on any atom is -0.497 e. The van der Waals surface area contributed by atoms with Gasteiger partial charge < -0.3 is 19.5 Å². The molecule has 1 N–H and O–H groups in total. The molecule has 25 heavy (non-hydrogen) atoms. The lowest BCUT2D eigenvalue weighted by Gasteiger charge is -2.17. The summed E-state index contributed by atoms with van der Waals surface area (Å²) in [6.45, 7) is 0.438. The molecule has 2 heterocycles. The first-order chi connectivity index (χ1) is 12.0. The third-order valence-corrected chi connectivity index (χ3v) is 4.17. The van der Waals surface area contributed by atoms with Crippen LogP contribution in [0.25, 0.3) is 10.9 Å². The second-order valence-electron chi connectivity index (χ2n) is 5.84. The van der Waals surface area contributed by atoms with E-state index in [-0.39, 0.29) is 5.91 Å². The molecule has 7 heteroatoms. The first-order valence-corrected chi connectivity index (χ1v) is 7.91. The largest absolute Gasteiger partial charge is 0.497 e. The number of fused-ring (bicyclic) bond motifs is 1.